The summed E-state index contributed by atoms with van der Waals surface area (Å²) < 4.78 is 35.6. The molecule has 0 aromatic carbocycles. The first-order valence-electron chi connectivity index (χ1n) is 3.81. The highest BCUT2D eigenvalue weighted by Crippen LogP contribution is 2.25. The molecule has 0 aromatic rings. The van der Waals surface area contributed by atoms with E-state index < -0.39 is 18.3 Å². The lowest BCUT2D eigenvalue weighted by Crippen LogP contribution is -2.48. The molecule has 0 bridgehead atoms. The second-order valence-corrected chi connectivity index (χ2v) is 2.95. The van der Waals surface area contributed by atoms with Crippen LogP contribution in [0.25, 0.3) is 0 Å². The molecule has 0 saturated carbocycles. The number of halogens is 3. The van der Waals surface area contributed by atoms with Crippen LogP contribution >= 0.6 is 0 Å². The number of hydrogen-bond donors (Lipinski definition) is 2. The van der Waals surface area contributed by atoms with E-state index in [-0.39, 0.29) is 5.92 Å². The van der Waals surface area contributed by atoms with Crippen molar-refractivity contribution in [3.63, 3.8) is 0 Å². The summed E-state index contributed by atoms with van der Waals surface area (Å²) in [5.74, 6) is -0.332. The Morgan fingerprint density at radius 2 is 1.83 bits per heavy atom. The normalized spacial score (nSPS) is 20.2. The summed E-state index contributed by atoms with van der Waals surface area (Å²) in [5, 5.41) is 8.71. The molecule has 0 heterocycles. The van der Waals surface area contributed by atoms with Crippen molar-refractivity contribution in [1.29, 1.82) is 0 Å². The minimum absolute atomic E-state index is 0.332. The van der Waals surface area contributed by atoms with E-state index in [0.717, 1.165) is 0 Å². The lowest BCUT2D eigenvalue weighted by Gasteiger charge is -2.25. The van der Waals surface area contributed by atoms with E-state index in [2.05, 4.69) is 0 Å². The third kappa shape index (κ3) is 2.98. The maximum atomic E-state index is 11.9. The summed E-state index contributed by atoms with van der Waals surface area (Å²) in [5.41, 5.74) is 5.19. The van der Waals surface area contributed by atoms with Gasteiger partial charge < -0.3 is 10.8 Å². The Morgan fingerprint density at radius 1 is 1.42 bits per heavy atom. The average molecular weight is 185 g/mol. The number of rotatable bonds is 3. The smallest absolute Gasteiger partial charge is 0.382 e. The number of nitrogens with two attached hydrogens (primary N) is 1. The first kappa shape index (κ1) is 11.7. The summed E-state index contributed by atoms with van der Waals surface area (Å²) in [6.45, 7) is 3.31. The Bertz CT molecular complexity index is 137. The minimum atomic E-state index is -4.61. The number of hydrogen-bond acceptors (Lipinski definition) is 2. The molecular formula is C7H14F3NO. The van der Waals surface area contributed by atoms with E-state index in [1.54, 1.807) is 13.8 Å². The van der Waals surface area contributed by atoms with Gasteiger partial charge in [0.1, 0.15) is 0 Å². The van der Waals surface area contributed by atoms with Gasteiger partial charge in [-0.15, -0.1) is 0 Å². The molecule has 2 nitrogen and oxygen atoms in total. The molecule has 0 saturated heterocycles. The van der Waals surface area contributed by atoms with Gasteiger partial charge in [-0.3, -0.25) is 0 Å². The average Bonchev–Trinajstić information content (AvgIpc) is 1.98. The summed E-state index contributed by atoms with van der Waals surface area (Å²) in [6.07, 6.45) is -6.50. The zero-order valence-electron chi connectivity index (χ0n) is 7.10. The molecule has 0 aromatic heterocycles. The van der Waals surface area contributed by atoms with Gasteiger partial charge in [-0.25, -0.2) is 0 Å². The maximum absolute atomic E-state index is 11.9. The van der Waals surface area contributed by atoms with Gasteiger partial charge in [0.25, 0.3) is 0 Å². The summed E-state index contributed by atoms with van der Waals surface area (Å²) in [6, 6.07) is -1.23. The topological polar surface area (TPSA) is 46.2 Å². The van der Waals surface area contributed by atoms with Gasteiger partial charge in [-0.2, -0.15) is 13.2 Å². The summed E-state index contributed by atoms with van der Waals surface area (Å²) in [4.78, 5) is 0. The molecule has 12 heavy (non-hydrogen) atoms. The van der Waals surface area contributed by atoms with Crippen molar-refractivity contribution >= 4 is 0 Å². The van der Waals surface area contributed by atoms with Crippen molar-refractivity contribution in [2.45, 2.75) is 38.6 Å². The Balaban J connectivity index is 4.19. The van der Waals surface area contributed by atoms with Gasteiger partial charge in [-0.05, 0) is 5.92 Å². The van der Waals surface area contributed by atoms with E-state index in [1.165, 1.54) is 0 Å². The molecular weight excluding hydrogens is 171 g/mol. The van der Waals surface area contributed by atoms with E-state index in [4.69, 9.17) is 10.8 Å². The van der Waals surface area contributed by atoms with Gasteiger partial charge >= 0.3 is 6.18 Å². The van der Waals surface area contributed by atoms with Gasteiger partial charge in [0.15, 0.2) is 6.10 Å². The van der Waals surface area contributed by atoms with Crippen LogP contribution in [0.3, 0.4) is 0 Å². The molecule has 0 fully saturated rings. The van der Waals surface area contributed by atoms with Crippen molar-refractivity contribution < 1.29 is 18.3 Å². The molecule has 0 aliphatic carbocycles. The second-order valence-electron chi connectivity index (χ2n) is 2.95. The van der Waals surface area contributed by atoms with Crippen LogP contribution in [0.2, 0.25) is 0 Å². The molecule has 0 aliphatic heterocycles. The molecule has 3 unspecified atom stereocenters. The second kappa shape index (κ2) is 4.09. The van der Waals surface area contributed by atoms with Crippen molar-refractivity contribution in [1.82, 2.24) is 0 Å². The van der Waals surface area contributed by atoms with E-state index in [9.17, 15) is 13.2 Å². The van der Waals surface area contributed by atoms with Gasteiger partial charge in [0.2, 0.25) is 0 Å². The summed E-state index contributed by atoms with van der Waals surface area (Å²) in [7, 11) is 0. The third-order valence-corrected chi connectivity index (χ3v) is 2.00. The van der Waals surface area contributed by atoms with Crippen LogP contribution in [0.5, 0.6) is 0 Å². The molecule has 3 N–H and O–H groups in total. The van der Waals surface area contributed by atoms with Crippen LogP contribution in [0.15, 0.2) is 0 Å². The van der Waals surface area contributed by atoms with Crippen LogP contribution in [-0.4, -0.2) is 23.4 Å². The maximum Gasteiger partial charge on any atom is 0.415 e. The fourth-order valence-electron chi connectivity index (χ4n) is 0.802. The highest BCUT2D eigenvalue weighted by Gasteiger charge is 2.43. The molecule has 0 rings (SSSR count). The van der Waals surface area contributed by atoms with Crippen LogP contribution in [0.1, 0.15) is 20.3 Å². The van der Waals surface area contributed by atoms with Crippen LogP contribution in [0, 0.1) is 5.92 Å². The molecule has 0 amide bonds. The van der Waals surface area contributed by atoms with E-state index in [1.807, 2.05) is 0 Å². The van der Waals surface area contributed by atoms with Crippen molar-refractivity contribution in [3.05, 3.63) is 0 Å². The highest BCUT2D eigenvalue weighted by molar-refractivity contribution is 4.81. The molecule has 5 heteroatoms. The zero-order chi connectivity index (χ0) is 9.94. The number of aliphatic hydroxyl groups is 1. The minimum Gasteiger partial charge on any atom is -0.382 e. The standard InChI is InChI=1S/C7H14F3NO/c1-3-4(2)5(11)6(12)7(8,9)10/h4-6,12H,3,11H2,1-2H3. The SMILES string of the molecule is CCC(C)C(N)C(O)C(F)(F)F. The predicted octanol–water partition coefficient (Wildman–Crippen LogP) is 1.28. The highest BCUT2D eigenvalue weighted by atomic mass is 19.4. The largest absolute Gasteiger partial charge is 0.415 e. The lowest BCUT2D eigenvalue weighted by atomic mass is 9.95. The fourth-order valence-corrected chi connectivity index (χ4v) is 0.802. The number of alkyl halides is 3. The Labute approximate surface area is 69.6 Å². The lowest BCUT2D eigenvalue weighted by molar-refractivity contribution is -0.212. The molecule has 74 valence electrons. The Morgan fingerprint density at radius 3 is 2.08 bits per heavy atom. The molecule has 0 spiro atoms. The third-order valence-electron chi connectivity index (χ3n) is 2.00. The molecule has 0 radical (unpaired) electrons. The van der Waals surface area contributed by atoms with Gasteiger partial charge in [0, 0.05) is 6.04 Å². The monoisotopic (exact) mass is 185 g/mol. The first-order chi connectivity index (χ1) is 5.30. The van der Waals surface area contributed by atoms with Crippen molar-refractivity contribution in [3.8, 4) is 0 Å². The Hall–Kier alpha value is -0.290. The number of aliphatic hydroxyl groups excluding tert-OH is 1. The quantitative estimate of drug-likeness (QED) is 0.695. The summed E-state index contributed by atoms with van der Waals surface area (Å²) >= 11 is 0. The predicted molar refractivity (Wildman–Crippen MR) is 39.5 cm³/mol. The fraction of sp³-hybridized carbons (Fsp3) is 1.00. The van der Waals surface area contributed by atoms with Crippen LogP contribution in [0.4, 0.5) is 13.2 Å². The van der Waals surface area contributed by atoms with Crippen LogP contribution < -0.4 is 5.73 Å². The zero-order valence-corrected chi connectivity index (χ0v) is 7.10. The van der Waals surface area contributed by atoms with Gasteiger partial charge in [0.05, 0.1) is 0 Å². The molecule has 3 atom stereocenters. The Kier molecular flexibility index (Phi) is 3.99. The van der Waals surface area contributed by atoms with Crippen molar-refractivity contribution in [2.24, 2.45) is 11.7 Å². The van der Waals surface area contributed by atoms with Gasteiger partial charge in [-0.1, -0.05) is 20.3 Å². The van der Waals surface area contributed by atoms with Crippen LogP contribution in [-0.2, 0) is 0 Å². The van der Waals surface area contributed by atoms with E-state index >= 15 is 0 Å². The van der Waals surface area contributed by atoms with Crippen molar-refractivity contribution in [2.75, 3.05) is 0 Å². The molecule has 0 aliphatic rings. The first-order valence-corrected chi connectivity index (χ1v) is 3.81. The van der Waals surface area contributed by atoms with E-state index in [0.29, 0.717) is 6.42 Å².